The lowest BCUT2D eigenvalue weighted by atomic mass is 10.0. The van der Waals surface area contributed by atoms with Crippen molar-refractivity contribution >= 4 is 11.8 Å². The van der Waals surface area contributed by atoms with Crippen LogP contribution < -0.4 is 16.4 Å². The molecule has 0 aliphatic heterocycles. The molecule has 0 fully saturated rings. The zero-order valence-electron chi connectivity index (χ0n) is 9.83. The van der Waals surface area contributed by atoms with Crippen LogP contribution in [0.4, 0.5) is 0 Å². The average Bonchev–Trinajstić information content (AvgIpc) is 2.14. The van der Waals surface area contributed by atoms with Crippen molar-refractivity contribution in [2.24, 2.45) is 11.7 Å². The third-order valence-electron chi connectivity index (χ3n) is 2.00. The van der Waals surface area contributed by atoms with Crippen LogP contribution in [0.3, 0.4) is 0 Å². The van der Waals surface area contributed by atoms with Gasteiger partial charge in [0.25, 0.3) is 0 Å². The molecule has 5 heteroatoms. The van der Waals surface area contributed by atoms with E-state index in [1.54, 1.807) is 14.0 Å². The molecule has 2 amide bonds. The molecule has 0 aliphatic carbocycles. The largest absolute Gasteiger partial charge is 0.357 e. The fraction of sp³-hybridized carbons (Fsp3) is 0.800. The lowest BCUT2D eigenvalue weighted by molar-refractivity contribution is -0.129. The van der Waals surface area contributed by atoms with Gasteiger partial charge in [0.15, 0.2) is 0 Å². The van der Waals surface area contributed by atoms with Crippen molar-refractivity contribution in [2.75, 3.05) is 7.05 Å². The molecule has 0 bridgehead atoms. The SMILES string of the molecule is CNC(=O)C(CC(C)C)NC(=O)C(C)N. The van der Waals surface area contributed by atoms with Gasteiger partial charge in [-0.05, 0) is 19.3 Å². The van der Waals surface area contributed by atoms with Gasteiger partial charge in [-0.1, -0.05) is 13.8 Å². The van der Waals surface area contributed by atoms with E-state index in [9.17, 15) is 9.59 Å². The van der Waals surface area contributed by atoms with E-state index in [-0.39, 0.29) is 11.8 Å². The van der Waals surface area contributed by atoms with E-state index in [4.69, 9.17) is 5.73 Å². The third kappa shape index (κ3) is 5.37. The van der Waals surface area contributed by atoms with E-state index in [1.165, 1.54) is 0 Å². The van der Waals surface area contributed by atoms with Crippen LogP contribution in [0.25, 0.3) is 0 Å². The highest BCUT2D eigenvalue weighted by Gasteiger charge is 2.21. The van der Waals surface area contributed by atoms with Crippen molar-refractivity contribution in [2.45, 2.75) is 39.3 Å². The highest BCUT2D eigenvalue weighted by Crippen LogP contribution is 2.04. The van der Waals surface area contributed by atoms with Crippen molar-refractivity contribution in [3.8, 4) is 0 Å². The number of nitrogens with two attached hydrogens (primary N) is 1. The van der Waals surface area contributed by atoms with E-state index in [0.29, 0.717) is 12.3 Å². The number of likely N-dealkylation sites (N-methyl/N-ethyl adjacent to an activating group) is 1. The van der Waals surface area contributed by atoms with Crippen LogP contribution in [-0.2, 0) is 9.59 Å². The first-order valence-corrected chi connectivity index (χ1v) is 5.16. The maximum absolute atomic E-state index is 11.4. The molecule has 2 unspecified atom stereocenters. The Labute approximate surface area is 90.8 Å². The molecule has 2 atom stereocenters. The molecule has 0 radical (unpaired) electrons. The quantitative estimate of drug-likeness (QED) is 0.584. The molecule has 0 spiro atoms. The van der Waals surface area contributed by atoms with Crippen LogP contribution in [0, 0.1) is 5.92 Å². The van der Waals surface area contributed by atoms with Gasteiger partial charge in [0.05, 0.1) is 6.04 Å². The molecule has 0 rings (SSSR count). The topological polar surface area (TPSA) is 84.2 Å². The van der Waals surface area contributed by atoms with Gasteiger partial charge in [-0.25, -0.2) is 0 Å². The van der Waals surface area contributed by atoms with Crippen molar-refractivity contribution in [1.29, 1.82) is 0 Å². The zero-order valence-corrected chi connectivity index (χ0v) is 9.83. The zero-order chi connectivity index (χ0) is 12.0. The Morgan fingerprint density at radius 2 is 1.73 bits per heavy atom. The van der Waals surface area contributed by atoms with Crippen molar-refractivity contribution in [3.05, 3.63) is 0 Å². The highest BCUT2D eigenvalue weighted by atomic mass is 16.2. The van der Waals surface area contributed by atoms with Crippen LogP contribution in [-0.4, -0.2) is 30.9 Å². The molecule has 15 heavy (non-hydrogen) atoms. The Kier molecular flexibility index (Phi) is 5.93. The van der Waals surface area contributed by atoms with Crippen molar-refractivity contribution < 1.29 is 9.59 Å². The summed E-state index contributed by atoms with van der Waals surface area (Å²) in [5.41, 5.74) is 5.41. The summed E-state index contributed by atoms with van der Waals surface area (Å²) < 4.78 is 0. The summed E-state index contributed by atoms with van der Waals surface area (Å²) in [5.74, 6) is -0.150. The fourth-order valence-corrected chi connectivity index (χ4v) is 1.18. The number of carbonyl (C=O) groups is 2. The van der Waals surface area contributed by atoms with Gasteiger partial charge >= 0.3 is 0 Å². The summed E-state index contributed by atoms with van der Waals surface area (Å²) in [4.78, 5) is 22.8. The number of rotatable bonds is 5. The number of amides is 2. The molecule has 0 saturated carbocycles. The summed E-state index contributed by atoms with van der Waals surface area (Å²) in [6.45, 7) is 5.58. The Bertz CT molecular complexity index is 227. The van der Waals surface area contributed by atoms with Crippen LogP contribution in [0.2, 0.25) is 0 Å². The van der Waals surface area contributed by atoms with E-state index in [2.05, 4.69) is 10.6 Å². The Morgan fingerprint density at radius 1 is 1.20 bits per heavy atom. The van der Waals surface area contributed by atoms with Gasteiger partial charge in [-0.15, -0.1) is 0 Å². The first kappa shape index (κ1) is 13.9. The molecule has 0 saturated heterocycles. The predicted octanol–water partition coefficient (Wildman–Crippen LogP) is -0.389. The normalized spacial score (nSPS) is 14.5. The molecule has 0 heterocycles. The first-order chi connectivity index (χ1) is 6.88. The Balaban J connectivity index is 4.37. The predicted molar refractivity (Wildman–Crippen MR) is 59.1 cm³/mol. The molecule has 0 aromatic heterocycles. The molecular formula is C10H21N3O2. The lowest BCUT2D eigenvalue weighted by Crippen LogP contribution is -2.50. The molecule has 4 N–H and O–H groups in total. The minimum Gasteiger partial charge on any atom is -0.357 e. The van der Waals surface area contributed by atoms with Gasteiger partial charge in [-0.3, -0.25) is 9.59 Å². The highest BCUT2D eigenvalue weighted by molar-refractivity contribution is 5.89. The maximum atomic E-state index is 11.4. The van der Waals surface area contributed by atoms with E-state index < -0.39 is 12.1 Å². The van der Waals surface area contributed by atoms with Crippen molar-refractivity contribution in [1.82, 2.24) is 10.6 Å². The molecule has 5 nitrogen and oxygen atoms in total. The summed E-state index contributed by atoms with van der Waals surface area (Å²) in [5, 5.41) is 5.14. The van der Waals surface area contributed by atoms with E-state index >= 15 is 0 Å². The second-order valence-corrected chi connectivity index (χ2v) is 4.09. The van der Waals surface area contributed by atoms with Crippen molar-refractivity contribution in [3.63, 3.8) is 0 Å². The molecular weight excluding hydrogens is 194 g/mol. The Morgan fingerprint density at radius 3 is 2.07 bits per heavy atom. The maximum Gasteiger partial charge on any atom is 0.242 e. The van der Waals surface area contributed by atoms with Gasteiger partial charge in [0.2, 0.25) is 11.8 Å². The molecule has 0 aliphatic rings. The average molecular weight is 215 g/mol. The van der Waals surface area contributed by atoms with Crippen LogP contribution in [0.15, 0.2) is 0 Å². The Hall–Kier alpha value is -1.10. The lowest BCUT2D eigenvalue weighted by Gasteiger charge is -2.20. The fourth-order valence-electron chi connectivity index (χ4n) is 1.18. The van der Waals surface area contributed by atoms with Gasteiger partial charge < -0.3 is 16.4 Å². The number of nitrogens with one attached hydrogen (secondary N) is 2. The number of hydrogen-bond acceptors (Lipinski definition) is 3. The standard InChI is InChI=1S/C10H21N3O2/c1-6(2)5-8(10(15)12-4)13-9(14)7(3)11/h6-8H,5,11H2,1-4H3,(H,12,15)(H,13,14). The second-order valence-electron chi connectivity index (χ2n) is 4.09. The molecule has 0 aromatic carbocycles. The molecule has 88 valence electrons. The molecule has 0 aromatic rings. The monoisotopic (exact) mass is 215 g/mol. The number of carbonyl (C=O) groups excluding carboxylic acids is 2. The first-order valence-electron chi connectivity index (χ1n) is 5.16. The smallest absolute Gasteiger partial charge is 0.242 e. The van der Waals surface area contributed by atoms with E-state index in [0.717, 1.165) is 0 Å². The summed E-state index contributed by atoms with van der Waals surface area (Å²) in [6.07, 6.45) is 0.609. The minimum atomic E-state index is -0.593. The summed E-state index contributed by atoms with van der Waals surface area (Å²) >= 11 is 0. The summed E-state index contributed by atoms with van der Waals surface area (Å²) in [6, 6.07) is -1.09. The van der Waals surface area contributed by atoms with E-state index in [1.807, 2.05) is 13.8 Å². The third-order valence-corrected chi connectivity index (χ3v) is 2.00. The van der Waals surface area contributed by atoms with Crippen LogP contribution in [0.1, 0.15) is 27.2 Å². The van der Waals surface area contributed by atoms with Gasteiger partial charge in [0, 0.05) is 7.05 Å². The van der Waals surface area contributed by atoms with Gasteiger partial charge in [0.1, 0.15) is 6.04 Å². The summed E-state index contributed by atoms with van der Waals surface area (Å²) in [7, 11) is 1.55. The van der Waals surface area contributed by atoms with Gasteiger partial charge in [-0.2, -0.15) is 0 Å². The van der Waals surface area contributed by atoms with Crippen LogP contribution in [0.5, 0.6) is 0 Å². The van der Waals surface area contributed by atoms with Crippen LogP contribution >= 0.6 is 0 Å². The minimum absolute atomic E-state index is 0.183. The number of hydrogen-bond donors (Lipinski definition) is 3. The second kappa shape index (κ2) is 6.40.